The molecule has 0 amide bonds. The van der Waals surface area contributed by atoms with Crippen LogP contribution in [0.25, 0.3) is 0 Å². The van der Waals surface area contributed by atoms with Gasteiger partial charge in [0.15, 0.2) is 0 Å². The molecule has 0 saturated heterocycles. The number of hydrogen-bond acceptors (Lipinski definition) is 3. The molecule has 96 valence electrons. The first-order valence-corrected chi connectivity index (χ1v) is 6.89. The molecule has 17 heavy (non-hydrogen) atoms. The minimum atomic E-state index is 0.146. The maximum absolute atomic E-state index is 5.69. The zero-order chi connectivity index (χ0) is 12.7. The summed E-state index contributed by atoms with van der Waals surface area (Å²) >= 11 is 3.54. The first-order valence-electron chi connectivity index (χ1n) is 6.10. The molecule has 0 bridgehead atoms. The van der Waals surface area contributed by atoms with Crippen LogP contribution in [0.3, 0.4) is 0 Å². The molecule has 1 atom stereocenters. The van der Waals surface area contributed by atoms with Gasteiger partial charge >= 0.3 is 0 Å². The van der Waals surface area contributed by atoms with Crippen molar-refractivity contribution in [3.8, 4) is 0 Å². The van der Waals surface area contributed by atoms with Gasteiger partial charge in [-0.1, -0.05) is 6.92 Å². The lowest BCUT2D eigenvalue weighted by atomic mass is 10.2. The van der Waals surface area contributed by atoms with E-state index in [0.717, 1.165) is 23.1 Å². The highest BCUT2D eigenvalue weighted by Gasteiger charge is 2.15. The number of pyridine rings is 1. The number of rotatable bonds is 7. The molecule has 0 radical (unpaired) electrons. The van der Waals surface area contributed by atoms with Gasteiger partial charge in [0.25, 0.3) is 0 Å². The van der Waals surface area contributed by atoms with Gasteiger partial charge in [-0.3, -0.25) is 4.98 Å². The van der Waals surface area contributed by atoms with Crippen LogP contribution in [0.5, 0.6) is 0 Å². The molecule has 1 N–H and O–H groups in total. The topological polar surface area (TPSA) is 34.1 Å². The molecule has 1 aromatic rings. The molecule has 0 aliphatic carbocycles. The minimum absolute atomic E-state index is 0.146. The number of hydrogen-bond donors (Lipinski definition) is 1. The largest absolute Gasteiger partial charge is 0.377 e. The summed E-state index contributed by atoms with van der Waals surface area (Å²) in [6, 6.07) is 4.08. The molecule has 0 fully saturated rings. The molecule has 0 aliphatic rings. The van der Waals surface area contributed by atoms with Crippen LogP contribution < -0.4 is 5.32 Å². The van der Waals surface area contributed by atoms with Crippen LogP contribution in [0.4, 0.5) is 0 Å². The van der Waals surface area contributed by atoms with E-state index in [-0.39, 0.29) is 12.1 Å². The smallest absolute Gasteiger partial charge is 0.0744 e. The highest BCUT2D eigenvalue weighted by Crippen LogP contribution is 2.21. The van der Waals surface area contributed by atoms with Crippen LogP contribution in [-0.4, -0.2) is 24.2 Å². The molecule has 1 heterocycles. The predicted molar refractivity (Wildman–Crippen MR) is 74.1 cm³/mol. The Morgan fingerprint density at radius 1 is 1.47 bits per heavy atom. The fourth-order valence-electron chi connectivity index (χ4n) is 1.50. The summed E-state index contributed by atoms with van der Waals surface area (Å²) in [5.41, 5.74) is 1.02. The van der Waals surface area contributed by atoms with Crippen LogP contribution in [0.15, 0.2) is 22.8 Å². The molecule has 1 aromatic heterocycles. The molecular formula is C13H21BrN2O. The van der Waals surface area contributed by atoms with Crippen molar-refractivity contribution < 1.29 is 4.74 Å². The van der Waals surface area contributed by atoms with Gasteiger partial charge in [0.05, 0.1) is 24.4 Å². The molecule has 4 heteroatoms. The third-order valence-corrected chi connectivity index (χ3v) is 3.02. The van der Waals surface area contributed by atoms with Gasteiger partial charge in [0.1, 0.15) is 0 Å². The average molecular weight is 301 g/mol. The molecule has 0 aliphatic heterocycles. The highest BCUT2D eigenvalue weighted by molar-refractivity contribution is 9.10. The van der Waals surface area contributed by atoms with Gasteiger partial charge in [0, 0.05) is 10.7 Å². The summed E-state index contributed by atoms with van der Waals surface area (Å²) in [4.78, 5) is 4.42. The lowest BCUT2D eigenvalue weighted by Crippen LogP contribution is -2.28. The maximum atomic E-state index is 5.69. The van der Waals surface area contributed by atoms with E-state index in [9.17, 15) is 0 Å². The van der Waals surface area contributed by atoms with Crippen LogP contribution in [0.2, 0.25) is 0 Å². The second kappa shape index (κ2) is 7.80. The first-order chi connectivity index (χ1) is 8.15. The third-order valence-electron chi connectivity index (χ3n) is 2.35. The van der Waals surface area contributed by atoms with Gasteiger partial charge in [-0.25, -0.2) is 0 Å². The van der Waals surface area contributed by atoms with Crippen molar-refractivity contribution in [2.24, 2.45) is 0 Å². The van der Waals surface area contributed by atoms with E-state index in [4.69, 9.17) is 4.74 Å². The Bertz CT molecular complexity index is 331. The molecule has 1 unspecified atom stereocenters. The van der Waals surface area contributed by atoms with Gasteiger partial charge in [-0.05, 0) is 54.9 Å². The second-order valence-electron chi connectivity index (χ2n) is 4.26. The Balaban J connectivity index is 2.71. The van der Waals surface area contributed by atoms with Crippen molar-refractivity contribution >= 4 is 15.9 Å². The van der Waals surface area contributed by atoms with Gasteiger partial charge in [0.2, 0.25) is 0 Å². The lowest BCUT2D eigenvalue weighted by molar-refractivity contribution is 0.0602. The molecule has 0 aromatic carbocycles. The minimum Gasteiger partial charge on any atom is -0.377 e. The number of nitrogens with one attached hydrogen (secondary N) is 1. The monoisotopic (exact) mass is 300 g/mol. The fourth-order valence-corrected chi connectivity index (χ4v) is 2.03. The van der Waals surface area contributed by atoms with E-state index in [1.54, 1.807) is 0 Å². The summed E-state index contributed by atoms with van der Waals surface area (Å²) in [6.45, 7) is 7.86. The molecule has 1 rings (SSSR count). The van der Waals surface area contributed by atoms with Gasteiger partial charge in [-0.2, -0.15) is 0 Å². The quantitative estimate of drug-likeness (QED) is 0.839. The van der Waals surface area contributed by atoms with Crippen LogP contribution in [0.1, 0.15) is 38.9 Å². The van der Waals surface area contributed by atoms with E-state index in [1.807, 2.05) is 32.2 Å². The average Bonchev–Trinajstić information content (AvgIpc) is 2.30. The van der Waals surface area contributed by atoms with Crippen molar-refractivity contribution in [3.05, 3.63) is 28.5 Å². The molecular weight excluding hydrogens is 280 g/mol. The van der Waals surface area contributed by atoms with Crippen molar-refractivity contribution in [1.82, 2.24) is 10.3 Å². The van der Waals surface area contributed by atoms with E-state index < -0.39 is 0 Å². The summed E-state index contributed by atoms with van der Waals surface area (Å²) in [7, 11) is 0. The molecule has 3 nitrogen and oxygen atoms in total. The first kappa shape index (κ1) is 14.6. The number of halogens is 1. The number of nitrogens with zero attached hydrogens (tertiary/aromatic N) is 1. The Labute approximate surface area is 112 Å². The summed E-state index contributed by atoms with van der Waals surface area (Å²) in [5.74, 6) is 0. The normalized spacial score (nSPS) is 13.0. The Morgan fingerprint density at radius 3 is 2.82 bits per heavy atom. The summed E-state index contributed by atoms with van der Waals surface area (Å²) in [5, 5.41) is 3.46. The van der Waals surface area contributed by atoms with E-state index in [2.05, 4.69) is 33.2 Å². The van der Waals surface area contributed by atoms with Crippen LogP contribution in [-0.2, 0) is 4.74 Å². The fraction of sp³-hybridized carbons (Fsp3) is 0.615. The van der Waals surface area contributed by atoms with Gasteiger partial charge in [-0.15, -0.1) is 0 Å². The number of ether oxygens (including phenoxy) is 1. The maximum Gasteiger partial charge on any atom is 0.0744 e. The molecule has 0 saturated carbocycles. The van der Waals surface area contributed by atoms with Crippen molar-refractivity contribution in [2.45, 2.75) is 39.3 Å². The summed E-state index contributed by atoms with van der Waals surface area (Å²) in [6.07, 6.45) is 3.15. The lowest BCUT2D eigenvalue weighted by Gasteiger charge is -2.20. The standard InChI is InChI=1S/C13H21BrN2O/c1-4-7-15-12(9-17-10(2)3)13-11(14)6-5-8-16-13/h5-6,8,10,12,15H,4,7,9H2,1-3H3. The van der Waals surface area contributed by atoms with Crippen molar-refractivity contribution in [3.63, 3.8) is 0 Å². The predicted octanol–water partition coefficient (Wildman–Crippen LogP) is 3.31. The highest BCUT2D eigenvalue weighted by atomic mass is 79.9. The summed E-state index contributed by atoms with van der Waals surface area (Å²) < 4.78 is 6.72. The van der Waals surface area contributed by atoms with E-state index in [1.165, 1.54) is 0 Å². The van der Waals surface area contributed by atoms with Crippen molar-refractivity contribution in [2.75, 3.05) is 13.2 Å². The Morgan fingerprint density at radius 2 is 2.24 bits per heavy atom. The van der Waals surface area contributed by atoms with Crippen molar-refractivity contribution in [1.29, 1.82) is 0 Å². The zero-order valence-corrected chi connectivity index (χ0v) is 12.3. The SMILES string of the molecule is CCCNC(COC(C)C)c1ncccc1Br. The van der Waals surface area contributed by atoms with E-state index in [0.29, 0.717) is 6.61 Å². The van der Waals surface area contributed by atoms with Crippen LogP contribution >= 0.6 is 15.9 Å². The number of aromatic nitrogens is 1. The van der Waals surface area contributed by atoms with Crippen LogP contribution in [0, 0.1) is 0 Å². The Hall–Kier alpha value is -0.450. The van der Waals surface area contributed by atoms with E-state index >= 15 is 0 Å². The third kappa shape index (κ3) is 5.15. The molecule has 0 spiro atoms. The van der Waals surface area contributed by atoms with Gasteiger partial charge < -0.3 is 10.1 Å². The Kier molecular flexibility index (Phi) is 6.70. The second-order valence-corrected chi connectivity index (χ2v) is 5.11. The zero-order valence-electron chi connectivity index (χ0n) is 10.7.